The number of carbonyl (C=O) groups excluding carboxylic acids is 1. The van der Waals surface area contributed by atoms with Crippen LogP contribution in [0.1, 0.15) is 11.0 Å². The van der Waals surface area contributed by atoms with E-state index in [1.54, 1.807) is 0 Å². The Bertz CT molecular complexity index is 381. The molecule has 1 heterocycles. The van der Waals surface area contributed by atoms with Crippen LogP contribution in [0.3, 0.4) is 0 Å². The highest BCUT2D eigenvalue weighted by Crippen LogP contribution is 2.24. The van der Waals surface area contributed by atoms with Crippen LogP contribution in [0.15, 0.2) is 6.20 Å². The highest BCUT2D eigenvalue weighted by atomic mass is 35.5. The molecule has 0 aliphatic heterocycles. The molecule has 1 unspecified atom stereocenters. The lowest BCUT2D eigenvalue weighted by molar-refractivity contribution is -0.130. The first-order chi connectivity index (χ1) is 7.29. The zero-order chi connectivity index (χ0) is 12.3. The van der Waals surface area contributed by atoms with Crippen LogP contribution < -0.4 is 11.1 Å². The monoisotopic (exact) mass is 273 g/mol. The quantitative estimate of drug-likeness (QED) is 0.873. The summed E-state index contributed by atoms with van der Waals surface area (Å²) in [6.07, 6.45) is -3.18. The SMILES string of the molecule is NC(=O)C(NCC(F)(F)F)c1ncc(Cl)s1. The molecule has 1 amide bonds. The maximum atomic E-state index is 11.9. The van der Waals surface area contributed by atoms with Crippen LogP contribution in [0.25, 0.3) is 0 Å². The molecule has 0 bridgehead atoms. The number of thiazole rings is 1. The Kier molecular flexibility index (Phi) is 4.11. The molecule has 1 rings (SSSR count). The predicted molar refractivity (Wildman–Crippen MR) is 53.1 cm³/mol. The normalized spacial score (nSPS) is 13.8. The number of amides is 1. The fourth-order valence-corrected chi connectivity index (χ4v) is 1.94. The Morgan fingerprint density at radius 1 is 1.69 bits per heavy atom. The number of halogens is 4. The molecule has 0 fully saturated rings. The molecule has 0 saturated carbocycles. The first-order valence-corrected chi connectivity index (χ1v) is 5.20. The second-order valence-corrected chi connectivity index (χ2v) is 4.53. The molecule has 1 aromatic rings. The van der Waals surface area contributed by atoms with Crippen LogP contribution in [0, 0.1) is 0 Å². The number of carbonyl (C=O) groups is 1. The van der Waals surface area contributed by atoms with Gasteiger partial charge in [-0.2, -0.15) is 13.2 Å². The minimum Gasteiger partial charge on any atom is -0.368 e. The van der Waals surface area contributed by atoms with E-state index in [0.29, 0.717) is 0 Å². The average Bonchev–Trinajstić information content (AvgIpc) is 2.49. The Morgan fingerprint density at radius 2 is 2.31 bits per heavy atom. The topological polar surface area (TPSA) is 68.0 Å². The summed E-state index contributed by atoms with van der Waals surface area (Å²) in [6.45, 7) is -1.32. The van der Waals surface area contributed by atoms with Gasteiger partial charge >= 0.3 is 6.18 Å². The molecule has 0 aromatic carbocycles. The zero-order valence-electron chi connectivity index (χ0n) is 7.71. The summed E-state index contributed by atoms with van der Waals surface area (Å²) in [5.41, 5.74) is 4.96. The lowest BCUT2D eigenvalue weighted by Crippen LogP contribution is -2.38. The third-order valence-corrected chi connectivity index (χ3v) is 2.71. The van der Waals surface area contributed by atoms with E-state index in [1.165, 1.54) is 6.20 Å². The van der Waals surface area contributed by atoms with Gasteiger partial charge in [-0.1, -0.05) is 11.6 Å². The van der Waals surface area contributed by atoms with E-state index in [-0.39, 0.29) is 9.34 Å². The van der Waals surface area contributed by atoms with Crippen LogP contribution in [0.5, 0.6) is 0 Å². The van der Waals surface area contributed by atoms with Gasteiger partial charge < -0.3 is 5.73 Å². The largest absolute Gasteiger partial charge is 0.401 e. The van der Waals surface area contributed by atoms with Gasteiger partial charge in [0.25, 0.3) is 0 Å². The first kappa shape index (κ1) is 13.2. The van der Waals surface area contributed by atoms with Crippen LogP contribution in [0.2, 0.25) is 4.34 Å². The van der Waals surface area contributed by atoms with Gasteiger partial charge in [0.15, 0.2) is 0 Å². The standard InChI is InChI=1S/C7H7ClF3N3OS/c8-3-1-13-6(16-3)4(5(12)15)14-2-7(9,10)11/h1,4,14H,2H2,(H2,12,15). The molecule has 0 spiro atoms. The van der Waals surface area contributed by atoms with Crippen LogP contribution in [-0.2, 0) is 4.79 Å². The van der Waals surface area contributed by atoms with Crippen molar-refractivity contribution in [3.63, 3.8) is 0 Å². The van der Waals surface area contributed by atoms with Crippen LogP contribution in [0.4, 0.5) is 13.2 Å². The third kappa shape index (κ3) is 3.95. The van der Waals surface area contributed by atoms with E-state index < -0.39 is 24.7 Å². The van der Waals surface area contributed by atoms with Crippen molar-refractivity contribution < 1.29 is 18.0 Å². The third-order valence-electron chi connectivity index (χ3n) is 1.53. The van der Waals surface area contributed by atoms with Gasteiger partial charge in [-0.15, -0.1) is 11.3 Å². The van der Waals surface area contributed by atoms with Crippen molar-refractivity contribution in [2.24, 2.45) is 5.73 Å². The number of nitrogens with one attached hydrogen (secondary N) is 1. The maximum absolute atomic E-state index is 11.9. The number of hydrogen-bond donors (Lipinski definition) is 2. The molecule has 90 valence electrons. The summed E-state index contributed by atoms with van der Waals surface area (Å²) in [4.78, 5) is 14.6. The fourth-order valence-electron chi connectivity index (χ4n) is 0.928. The summed E-state index contributed by atoms with van der Waals surface area (Å²) in [5, 5.41) is 2.09. The molecule has 3 N–H and O–H groups in total. The second kappa shape index (κ2) is 4.98. The van der Waals surface area contributed by atoms with Crippen LogP contribution in [-0.4, -0.2) is 23.6 Å². The summed E-state index contributed by atoms with van der Waals surface area (Å²) >= 11 is 6.45. The number of nitrogens with two attached hydrogens (primary N) is 1. The lowest BCUT2D eigenvalue weighted by Gasteiger charge is -2.14. The predicted octanol–water partition coefficient (Wildman–Crippen LogP) is 1.47. The van der Waals surface area contributed by atoms with Gasteiger partial charge in [-0.05, 0) is 0 Å². The summed E-state index contributed by atoms with van der Waals surface area (Å²) in [5.74, 6) is -0.935. The van der Waals surface area contributed by atoms with Gasteiger partial charge in [-0.3, -0.25) is 10.1 Å². The number of hydrogen-bond acceptors (Lipinski definition) is 4. The minimum absolute atomic E-state index is 0.113. The number of nitrogens with zero attached hydrogens (tertiary/aromatic N) is 1. The van der Waals surface area contributed by atoms with Crippen molar-refractivity contribution in [2.45, 2.75) is 12.2 Å². The smallest absolute Gasteiger partial charge is 0.368 e. The van der Waals surface area contributed by atoms with Crippen LogP contribution >= 0.6 is 22.9 Å². The van der Waals surface area contributed by atoms with E-state index in [1.807, 2.05) is 5.32 Å². The molecule has 0 aliphatic carbocycles. The highest BCUT2D eigenvalue weighted by molar-refractivity contribution is 7.16. The van der Waals surface area contributed by atoms with E-state index in [2.05, 4.69) is 4.98 Å². The Balaban J connectivity index is 2.73. The molecular formula is C7H7ClF3N3OS. The Labute approximate surface area is 97.6 Å². The molecule has 0 aliphatic rings. The van der Waals surface area contributed by atoms with E-state index in [4.69, 9.17) is 17.3 Å². The first-order valence-electron chi connectivity index (χ1n) is 4.00. The van der Waals surface area contributed by atoms with Gasteiger partial charge in [0.1, 0.15) is 15.4 Å². The minimum atomic E-state index is -4.42. The Morgan fingerprint density at radius 3 is 2.69 bits per heavy atom. The summed E-state index contributed by atoms with van der Waals surface area (Å²) in [7, 11) is 0. The van der Waals surface area contributed by atoms with E-state index in [0.717, 1.165) is 11.3 Å². The number of alkyl halides is 3. The van der Waals surface area contributed by atoms with E-state index in [9.17, 15) is 18.0 Å². The Hall–Kier alpha value is -0.860. The van der Waals surface area contributed by atoms with Gasteiger partial charge in [0.05, 0.1) is 12.7 Å². The van der Waals surface area contributed by atoms with Gasteiger partial charge in [0.2, 0.25) is 5.91 Å². The van der Waals surface area contributed by atoms with Crippen molar-refractivity contribution in [1.29, 1.82) is 0 Å². The fraction of sp³-hybridized carbons (Fsp3) is 0.429. The van der Waals surface area contributed by atoms with E-state index >= 15 is 0 Å². The van der Waals surface area contributed by atoms with Crippen molar-refractivity contribution >= 4 is 28.8 Å². The van der Waals surface area contributed by atoms with Crippen molar-refractivity contribution in [3.05, 3.63) is 15.5 Å². The van der Waals surface area contributed by atoms with Gasteiger partial charge in [-0.25, -0.2) is 4.98 Å². The average molecular weight is 274 g/mol. The molecule has 9 heteroatoms. The number of primary amides is 1. The number of rotatable bonds is 4. The molecule has 4 nitrogen and oxygen atoms in total. The molecule has 1 aromatic heterocycles. The summed E-state index contributed by atoms with van der Waals surface area (Å²) < 4.78 is 36.1. The summed E-state index contributed by atoms with van der Waals surface area (Å²) in [6, 6.07) is -1.28. The second-order valence-electron chi connectivity index (χ2n) is 2.83. The van der Waals surface area contributed by atoms with Gasteiger partial charge in [0, 0.05) is 0 Å². The van der Waals surface area contributed by atoms with Crippen molar-refractivity contribution in [2.75, 3.05) is 6.54 Å². The molecule has 0 saturated heterocycles. The maximum Gasteiger partial charge on any atom is 0.401 e. The molecule has 16 heavy (non-hydrogen) atoms. The van der Waals surface area contributed by atoms with Crippen molar-refractivity contribution in [3.8, 4) is 0 Å². The zero-order valence-corrected chi connectivity index (χ0v) is 9.29. The molecule has 0 radical (unpaired) electrons. The van der Waals surface area contributed by atoms with Crippen molar-refractivity contribution in [1.82, 2.24) is 10.3 Å². The highest BCUT2D eigenvalue weighted by Gasteiger charge is 2.31. The number of aromatic nitrogens is 1. The molecular weight excluding hydrogens is 267 g/mol. The lowest BCUT2D eigenvalue weighted by atomic mass is 10.3. The molecule has 1 atom stereocenters.